The van der Waals surface area contributed by atoms with Crippen molar-refractivity contribution in [3.8, 4) is 0 Å². The van der Waals surface area contributed by atoms with Crippen LogP contribution in [0.2, 0.25) is 28.2 Å². The Balaban J connectivity index is 2.16. The molecule has 0 amide bonds. The van der Waals surface area contributed by atoms with Crippen LogP contribution >= 0.6 is 23.2 Å². The molecule has 3 nitrogen and oxygen atoms in total. The molecule has 1 aliphatic carbocycles. The van der Waals surface area contributed by atoms with E-state index < -0.39 is 8.32 Å². The number of hydrogen-bond donors (Lipinski definition) is 1. The van der Waals surface area contributed by atoms with Gasteiger partial charge in [-0.2, -0.15) is 0 Å². The van der Waals surface area contributed by atoms with Gasteiger partial charge in [0.25, 0.3) is 0 Å². The first kappa shape index (κ1) is 21.2. The van der Waals surface area contributed by atoms with Crippen LogP contribution in [0.3, 0.4) is 0 Å². The zero-order valence-corrected chi connectivity index (χ0v) is 18.7. The number of rotatable bonds is 10. The first-order valence-electron chi connectivity index (χ1n) is 9.46. The maximum absolute atomic E-state index is 6.77. The van der Waals surface area contributed by atoms with Gasteiger partial charge in [0.1, 0.15) is 0 Å². The van der Waals surface area contributed by atoms with Crippen LogP contribution in [0.25, 0.3) is 0 Å². The van der Waals surface area contributed by atoms with E-state index in [0.717, 1.165) is 42.7 Å². The lowest BCUT2D eigenvalue weighted by atomic mass is 10.1. The maximum atomic E-state index is 6.77. The summed E-state index contributed by atoms with van der Waals surface area (Å²) in [6.45, 7) is 13.1. The SMILES string of the molecule is CC[Si](CC)(CC)OC(CNC[C@H]1CC1(C)C)c1c(Cl)cncc1Cl. The Kier molecular flexibility index (Phi) is 7.37. The zero-order valence-electron chi connectivity index (χ0n) is 16.2. The van der Waals surface area contributed by atoms with Gasteiger partial charge in [-0.1, -0.05) is 57.8 Å². The van der Waals surface area contributed by atoms with Crippen molar-refractivity contribution in [2.24, 2.45) is 11.3 Å². The molecular weight excluding hydrogens is 371 g/mol. The van der Waals surface area contributed by atoms with Gasteiger partial charge in [0, 0.05) is 24.5 Å². The van der Waals surface area contributed by atoms with Crippen molar-refractivity contribution in [1.82, 2.24) is 10.3 Å². The van der Waals surface area contributed by atoms with Crippen molar-refractivity contribution in [1.29, 1.82) is 0 Å². The lowest BCUT2D eigenvalue weighted by molar-refractivity contribution is 0.185. The molecule has 25 heavy (non-hydrogen) atoms. The Labute approximate surface area is 164 Å². The van der Waals surface area contributed by atoms with Crippen molar-refractivity contribution >= 4 is 31.5 Å². The lowest BCUT2D eigenvalue weighted by Gasteiger charge is -2.34. The fourth-order valence-electron chi connectivity index (χ4n) is 3.55. The predicted molar refractivity (Wildman–Crippen MR) is 110 cm³/mol. The summed E-state index contributed by atoms with van der Waals surface area (Å²) in [5.41, 5.74) is 1.36. The molecule has 2 atom stereocenters. The number of halogens is 2. The third-order valence-electron chi connectivity index (χ3n) is 5.98. The first-order chi connectivity index (χ1) is 11.8. The third-order valence-corrected chi connectivity index (χ3v) is 11.2. The Hall–Kier alpha value is -0.133. The maximum Gasteiger partial charge on any atom is 0.192 e. The van der Waals surface area contributed by atoms with Gasteiger partial charge >= 0.3 is 0 Å². The molecule has 1 heterocycles. The summed E-state index contributed by atoms with van der Waals surface area (Å²) in [5, 5.41) is 4.80. The molecule has 0 saturated heterocycles. The Morgan fingerprint density at radius 3 is 2.16 bits per heavy atom. The summed E-state index contributed by atoms with van der Waals surface area (Å²) in [5.74, 6) is 0.752. The van der Waals surface area contributed by atoms with Crippen LogP contribution in [0.4, 0.5) is 0 Å². The minimum absolute atomic E-state index is 0.114. The van der Waals surface area contributed by atoms with Gasteiger partial charge in [-0.05, 0) is 42.4 Å². The molecule has 0 radical (unpaired) electrons. The summed E-state index contributed by atoms with van der Waals surface area (Å²) in [4.78, 5) is 4.09. The monoisotopic (exact) mass is 402 g/mol. The van der Waals surface area contributed by atoms with Gasteiger partial charge in [-0.25, -0.2) is 0 Å². The van der Waals surface area contributed by atoms with Crippen LogP contribution in [0, 0.1) is 11.3 Å². The smallest absolute Gasteiger partial charge is 0.192 e. The van der Waals surface area contributed by atoms with Gasteiger partial charge in [-0.3, -0.25) is 4.98 Å². The molecule has 2 rings (SSSR count). The fourth-order valence-corrected chi connectivity index (χ4v) is 6.96. The first-order valence-corrected chi connectivity index (χ1v) is 12.7. The topological polar surface area (TPSA) is 34.1 Å². The van der Waals surface area contributed by atoms with Gasteiger partial charge in [0.15, 0.2) is 8.32 Å². The highest BCUT2D eigenvalue weighted by Gasteiger charge is 2.45. The number of hydrogen-bond acceptors (Lipinski definition) is 3. The highest BCUT2D eigenvalue weighted by atomic mass is 35.5. The van der Waals surface area contributed by atoms with Crippen LogP contribution in [0.15, 0.2) is 12.4 Å². The highest BCUT2D eigenvalue weighted by Crippen LogP contribution is 2.51. The summed E-state index contributed by atoms with van der Waals surface area (Å²) < 4.78 is 6.77. The van der Waals surface area contributed by atoms with E-state index in [2.05, 4.69) is 44.9 Å². The van der Waals surface area contributed by atoms with E-state index in [1.54, 1.807) is 12.4 Å². The Morgan fingerprint density at radius 1 is 1.20 bits per heavy atom. The van der Waals surface area contributed by atoms with E-state index in [1.807, 2.05) is 0 Å². The van der Waals surface area contributed by atoms with Crippen LogP contribution < -0.4 is 5.32 Å². The van der Waals surface area contributed by atoms with Crippen molar-refractivity contribution in [2.75, 3.05) is 13.1 Å². The Morgan fingerprint density at radius 2 is 1.72 bits per heavy atom. The molecule has 0 bridgehead atoms. The Bertz CT molecular complexity index is 550. The highest BCUT2D eigenvalue weighted by molar-refractivity contribution is 6.73. The van der Waals surface area contributed by atoms with E-state index in [1.165, 1.54) is 6.42 Å². The molecule has 6 heteroatoms. The third kappa shape index (κ3) is 5.20. The van der Waals surface area contributed by atoms with Gasteiger partial charge in [-0.15, -0.1) is 0 Å². The van der Waals surface area contributed by atoms with Crippen molar-refractivity contribution in [3.63, 3.8) is 0 Å². The average Bonchev–Trinajstić information content (AvgIpc) is 3.19. The molecule has 0 aromatic carbocycles. The van der Waals surface area contributed by atoms with Crippen molar-refractivity contribution in [2.45, 2.75) is 65.3 Å². The molecule has 1 aliphatic rings. The van der Waals surface area contributed by atoms with Gasteiger partial charge < -0.3 is 9.74 Å². The van der Waals surface area contributed by atoms with Crippen molar-refractivity contribution in [3.05, 3.63) is 28.0 Å². The summed E-state index contributed by atoms with van der Waals surface area (Å²) in [6, 6.07) is 3.31. The molecular formula is C19H32Cl2N2OSi. The van der Waals surface area contributed by atoms with E-state index in [9.17, 15) is 0 Å². The van der Waals surface area contributed by atoms with E-state index in [0.29, 0.717) is 15.5 Å². The molecule has 142 valence electrons. The van der Waals surface area contributed by atoms with Crippen molar-refractivity contribution < 1.29 is 4.43 Å². The molecule has 0 spiro atoms. The molecule has 1 aromatic rings. The summed E-state index contributed by atoms with van der Waals surface area (Å²) >= 11 is 12.9. The molecule has 1 saturated carbocycles. The van der Waals surface area contributed by atoms with Gasteiger partial charge in [0.05, 0.1) is 16.1 Å². The molecule has 1 aromatic heterocycles. The second-order valence-electron chi connectivity index (χ2n) is 7.91. The van der Waals surface area contributed by atoms with Crippen LogP contribution in [-0.2, 0) is 4.43 Å². The van der Waals surface area contributed by atoms with Crippen LogP contribution in [0.1, 0.15) is 52.7 Å². The zero-order chi connectivity index (χ0) is 18.7. The second-order valence-corrected chi connectivity index (χ2v) is 13.5. The van der Waals surface area contributed by atoms with E-state index in [-0.39, 0.29) is 6.10 Å². The largest absolute Gasteiger partial charge is 0.409 e. The normalized spacial score (nSPS) is 20.5. The van der Waals surface area contributed by atoms with Crippen LogP contribution in [0.5, 0.6) is 0 Å². The van der Waals surface area contributed by atoms with Crippen LogP contribution in [-0.4, -0.2) is 26.4 Å². The molecule has 1 fully saturated rings. The number of nitrogens with zero attached hydrogens (tertiary/aromatic N) is 1. The number of pyridine rings is 1. The molecule has 0 aliphatic heterocycles. The number of aromatic nitrogens is 1. The fraction of sp³-hybridized carbons (Fsp3) is 0.737. The van der Waals surface area contributed by atoms with E-state index >= 15 is 0 Å². The minimum Gasteiger partial charge on any atom is -0.409 e. The standard InChI is InChI=1S/C19H32Cl2N2OSi/c1-6-25(7-2,8-3)24-17(13-22-10-14-9-19(14,4)5)18-15(20)11-23-12-16(18)21/h11-12,14,17,22H,6-10,13H2,1-5H3/t14-,17?/m1/s1. The van der Waals surface area contributed by atoms with E-state index in [4.69, 9.17) is 27.6 Å². The predicted octanol–water partition coefficient (Wildman–Crippen LogP) is 6.09. The summed E-state index contributed by atoms with van der Waals surface area (Å²) in [6.07, 6.45) is 4.50. The lowest BCUT2D eigenvalue weighted by Crippen LogP contribution is -2.40. The summed E-state index contributed by atoms with van der Waals surface area (Å²) in [7, 11) is -1.78. The minimum atomic E-state index is -1.78. The molecule has 1 unspecified atom stereocenters. The van der Waals surface area contributed by atoms with Gasteiger partial charge in [0.2, 0.25) is 0 Å². The molecule has 1 N–H and O–H groups in total. The average molecular weight is 403 g/mol. The second kappa shape index (κ2) is 8.70. The quantitative estimate of drug-likeness (QED) is 0.480. The number of nitrogens with one attached hydrogen (secondary N) is 1.